The summed E-state index contributed by atoms with van der Waals surface area (Å²) in [5.41, 5.74) is 2.90. The van der Waals surface area contributed by atoms with E-state index in [0.717, 1.165) is 36.2 Å². The minimum atomic E-state index is 0.0543. The van der Waals surface area contributed by atoms with Crippen molar-refractivity contribution in [3.05, 3.63) is 23.8 Å². The van der Waals surface area contributed by atoms with E-state index in [9.17, 15) is 9.59 Å². The molecule has 0 atom stereocenters. The predicted molar refractivity (Wildman–Crippen MR) is 98.1 cm³/mol. The molecule has 0 saturated heterocycles. The van der Waals surface area contributed by atoms with E-state index in [2.05, 4.69) is 5.32 Å². The van der Waals surface area contributed by atoms with Crippen LogP contribution in [0.1, 0.15) is 45.6 Å². The van der Waals surface area contributed by atoms with Crippen LogP contribution in [0.2, 0.25) is 0 Å². The van der Waals surface area contributed by atoms with Crippen LogP contribution < -0.4 is 10.2 Å². The van der Waals surface area contributed by atoms with E-state index < -0.39 is 0 Å². The highest BCUT2D eigenvalue weighted by Gasteiger charge is 2.25. The molecule has 0 spiro atoms. The maximum absolute atomic E-state index is 12.2. The second-order valence-corrected chi connectivity index (χ2v) is 7.10. The molecule has 1 fully saturated rings. The molecule has 2 rings (SSSR count). The third-order valence-corrected chi connectivity index (χ3v) is 4.67. The van der Waals surface area contributed by atoms with Crippen molar-refractivity contribution in [2.75, 3.05) is 24.3 Å². The van der Waals surface area contributed by atoms with Crippen molar-refractivity contribution >= 4 is 23.2 Å². The van der Waals surface area contributed by atoms with E-state index in [-0.39, 0.29) is 23.8 Å². The van der Waals surface area contributed by atoms with Gasteiger partial charge in [-0.3, -0.25) is 9.59 Å². The van der Waals surface area contributed by atoms with Crippen LogP contribution in [0.4, 0.5) is 11.4 Å². The van der Waals surface area contributed by atoms with Crippen molar-refractivity contribution in [3.63, 3.8) is 0 Å². The molecule has 24 heavy (non-hydrogen) atoms. The van der Waals surface area contributed by atoms with Crippen LogP contribution in [0.15, 0.2) is 18.2 Å². The fraction of sp³-hybridized carbons (Fsp3) is 0.579. The van der Waals surface area contributed by atoms with E-state index in [4.69, 9.17) is 0 Å². The number of hydrogen-bond donors (Lipinski definition) is 1. The largest absolute Gasteiger partial charge is 0.377 e. The summed E-state index contributed by atoms with van der Waals surface area (Å²) in [5, 5.41) is 3.02. The highest BCUT2D eigenvalue weighted by Crippen LogP contribution is 2.29. The Morgan fingerprint density at radius 3 is 2.38 bits per heavy atom. The van der Waals surface area contributed by atoms with Crippen molar-refractivity contribution in [1.29, 1.82) is 0 Å². The van der Waals surface area contributed by atoms with E-state index in [1.165, 1.54) is 0 Å². The highest BCUT2D eigenvalue weighted by atomic mass is 16.2. The normalized spacial score (nSPS) is 14.2. The number of carbonyl (C=O) groups is 2. The molecule has 1 aromatic rings. The SMILES string of the molecule is CC(=O)N(Cc1cc(NC(=O)C2CCC2)ccc1N(C)C)C(C)C. The highest BCUT2D eigenvalue weighted by molar-refractivity contribution is 5.93. The molecule has 1 aromatic carbocycles. The lowest BCUT2D eigenvalue weighted by Gasteiger charge is -2.28. The molecule has 2 amide bonds. The van der Waals surface area contributed by atoms with Gasteiger partial charge in [-0.05, 0) is 50.5 Å². The van der Waals surface area contributed by atoms with Crippen LogP contribution >= 0.6 is 0 Å². The lowest BCUT2D eigenvalue weighted by Crippen LogP contribution is -2.35. The average Bonchev–Trinajstić information content (AvgIpc) is 2.41. The number of nitrogens with zero attached hydrogens (tertiary/aromatic N) is 2. The van der Waals surface area contributed by atoms with E-state index in [0.29, 0.717) is 6.54 Å². The van der Waals surface area contributed by atoms with Crippen molar-refractivity contribution in [2.45, 2.75) is 52.6 Å². The lowest BCUT2D eigenvalue weighted by molar-refractivity contribution is -0.131. The van der Waals surface area contributed by atoms with Gasteiger partial charge in [-0.2, -0.15) is 0 Å². The van der Waals surface area contributed by atoms with Crippen LogP contribution in [0.25, 0.3) is 0 Å². The topological polar surface area (TPSA) is 52.7 Å². The van der Waals surface area contributed by atoms with Crippen LogP contribution in [-0.4, -0.2) is 36.9 Å². The molecule has 0 heterocycles. The Balaban J connectivity index is 2.23. The second-order valence-electron chi connectivity index (χ2n) is 7.10. The van der Waals surface area contributed by atoms with Gasteiger partial charge in [0.25, 0.3) is 0 Å². The summed E-state index contributed by atoms with van der Waals surface area (Å²) < 4.78 is 0. The minimum absolute atomic E-state index is 0.0543. The van der Waals surface area contributed by atoms with Gasteiger partial charge >= 0.3 is 0 Å². The number of anilines is 2. The zero-order valence-electron chi connectivity index (χ0n) is 15.4. The summed E-state index contributed by atoms with van der Waals surface area (Å²) in [6.07, 6.45) is 3.12. The molecule has 1 aliphatic rings. The first-order chi connectivity index (χ1) is 11.3. The van der Waals surface area contributed by atoms with Crippen LogP contribution in [0.5, 0.6) is 0 Å². The number of amides is 2. The number of nitrogens with one attached hydrogen (secondary N) is 1. The number of rotatable bonds is 6. The summed E-state index contributed by atoms with van der Waals surface area (Å²) in [4.78, 5) is 28.0. The number of carbonyl (C=O) groups excluding carboxylic acids is 2. The Morgan fingerprint density at radius 2 is 1.92 bits per heavy atom. The third kappa shape index (κ3) is 4.28. The van der Waals surface area contributed by atoms with Crippen molar-refractivity contribution in [2.24, 2.45) is 5.92 Å². The van der Waals surface area contributed by atoms with Crippen LogP contribution in [0.3, 0.4) is 0 Å². The molecule has 1 aliphatic carbocycles. The second kappa shape index (κ2) is 7.69. The molecule has 5 nitrogen and oxygen atoms in total. The van der Waals surface area contributed by atoms with Crippen LogP contribution in [0, 0.1) is 5.92 Å². The Morgan fingerprint density at radius 1 is 1.25 bits per heavy atom. The molecular formula is C19H29N3O2. The molecule has 0 aromatic heterocycles. The summed E-state index contributed by atoms with van der Waals surface area (Å²) in [7, 11) is 3.97. The maximum atomic E-state index is 12.2. The standard InChI is InChI=1S/C19H29N3O2/c1-13(2)22(14(3)23)12-16-11-17(9-10-18(16)21(4)5)20-19(24)15-7-6-8-15/h9-11,13,15H,6-8,12H2,1-5H3,(H,20,24). The smallest absolute Gasteiger partial charge is 0.227 e. The number of benzene rings is 1. The molecule has 0 bridgehead atoms. The van der Waals surface area contributed by atoms with Gasteiger partial charge in [-0.25, -0.2) is 0 Å². The Labute approximate surface area is 145 Å². The summed E-state index contributed by atoms with van der Waals surface area (Å²) in [6.45, 7) is 6.16. The molecule has 132 valence electrons. The van der Waals surface area contributed by atoms with E-state index in [1.54, 1.807) is 6.92 Å². The quantitative estimate of drug-likeness (QED) is 0.870. The average molecular weight is 331 g/mol. The molecule has 0 aliphatic heterocycles. The fourth-order valence-electron chi connectivity index (χ4n) is 2.98. The Kier molecular flexibility index (Phi) is 5.86. The zero-order chi connectivity index (χ0) is 17.9. The minimum Gasteiger partial charge on any atom is -0.377 e. The van der Waals surface area contributed by atoms with Gasteiger partial charge in [0, 0.05) is 50.9 Å². The lowest BCUT2D eigenvalue weighted by atomic mass is 9.85. The van der Waals surface area contributed by atoms with E-state index >= 15 is 0 Å². The zero-order valence-corrected chi connectivity index (χ0v) is 15.4. The van der Waals surface area contributed by atoms with Gasteiger partial charge in [-0.1, -0.05) is 6.42 Å². The first kappa shape index (κ1) is 18.3. The van der Waals surface area contributed by atoms with Crippen molar-refractivity contribution < 1.29 is 9.59 Å². The Bertz CT molecular complexity index is 607. The maximum Gasteiger partial charge on any atom is 0.227 e. The number of hydrogen-bond acceptors (Lipinski definition) is 3. The van der Waals surface area contributed by atoms with Crippen molar-refractivity contribution in [3.8, 4) is 0 Å². The summed E-state index contributed by atoms with van der Waals surface area (Å²) in [5.74, 6) is 0.321. The molecular weight excluding hydrogens is 302 g/mol. The van der Waals surface area contributed by atoms with E-state index in [1.807, 2.05) is 55.9 Å². The van der Waals surface area contributed by atoms with Gasteiger partial charge in [0.15, 0.2) is 0 Å². The monoisotopic (exact) mass is 331 g/mol. The van der Waals surface area contributed by atoms with Gasteiger partial charge in [0.1, 0.15) is 0 Å². The Hall–Kier alpha value is -2.04. The van der Waals surface area contributed by atoms with Crippen molar-refractivity contribution in [1.82, 2.24) is 4.90 Å². The van der Waals surface area contributed by atoms with Gasteiger partial charge in [0.2, 0.25) is 11.8 Å². The molecule has 0 unspecified atom stereocenters. The molecule has 1 saturated carbocycles. The molecule has 5 heteroatoms. The van der Waals surface area contributed by atoms with Gasteiger partial charge in [0.05, 0.1) is 0 Å². The third-order valence-electron chi connectivity index (χ3n) is 4.67. The van der Waals surface area contributed by atoms with Gasteiger partial charge in [-0.15, -0.1) is 0 Å². The predicted octanol–water partition coefficient (Wildman–Crippen LogP) is 3.25. The summed E-state index contributed by atoms with van der Waals surface area (Å²) in [6, 6.07) is 6.06. The molecule has 0 radical (unpaired) electrons. The molecule has 1 N–H and O–H groups in total. The van der Waals surface area contributed by atoms with Crippen LogP contribution in [-0.2, 0) is 16.1 Å². The summed E-state index contributed by atoms with van der Waals surface area (Å²) >= 11 is 0. The van der Waals surface area contributed by atoms with Gasteiger partial charge < -0.3 is 15.1 Å². The first-order valence-electron chi connectivity index (χ1n) is 8.68. The fourth-order valence-corrected chi connectivity index (χ4v) is 2.98. The first-order valence-corrected chi connectivity index (χ1v) is 8.68.